The summed E-state index contributed by atoms with van der Waals surface area (Å²) in [7, 11) is -3.32. The van der Waals surface area contributed by atoms with Crippen LogP contribution in [0.5, 0.6) is 5.75 Å². The minimum Gasteiger partial charge on any atom is -0.476 e. The van der Waals surface area contributed by atoms with E-state index >= 15 is 0 Å². The van der Waals surface area contributed by atoms with Crippen LogP contribution in [-0.2, 0) is 21.4 Å². The number of halogens is 1. The Morgan fingerprint density at radius 3 is 2.42 bits per heavy atom. The van der Waals surface area contributed by atoms with Crippen molar-refractivity contribution < 1.29 is 22.3 Å². The van der Waals surface area contributed by atoms with Crippen LogP contribution in [0.15, 0.2) is 42.5 Å². The van der Waals surface area contributed by atoms with Crippen LogP contribution in [-0.4, -0.2) is 26.2 Å². The fourth-order valence-corrected chi connectivity index (χ4v) is 3.12. The molecule has 2 aromatic carbocycles. The Morgan fingerprint density at radius 2 is 1.81 bits per heavy atom. The van der Waals surface area contributed by atoms with Gasteiger partial charge < -0.3 is 4.74 Å². The van der Waals surface area contributed by atoms with E-state index in [9.17, 15) is 17.6 Å². The van der Waals surface area contributed by atoms with Gasteiger partial charge in [-0.3, -0.25) is 9.69 Å². The van der Waals surface area contributed by atoms with Crippen molar-refractivity contribution in [2.75, 3.05) is 11.2 Å². The third-order valence-corrected chi connectivity index (χ3v) is 4.64. The number of nitrogens with zero attached hydrogens (tertiary/aromatic N) is 1. The predicted molar refractivity (Wildman–Crippen MR) is 96.4 cm³/mol. The Kier molecular flexibility index (Phi) is 4.49. The Labute approximate surface area is 151 Å². The summed E-state index contributed by atoms with van der Waals surface area (Å²) in [4.78, 5) is 14.3. The van der Waals surface area contributed by atoms with Gasteiger partial charge in [0.25, 0.3) is 5.91 Å². The molecular weight excluding hydrogens is 359 g/mol. The summed E-state index contributed by atoms with van der Waals surface area (Å²) in [6.45, 7) is 3.41. The van der Waals surface area contributed by atoms with Crippen LogP contribution >= 0.6 is 0 Å². The maximum Gasteiger partial charge on any atom is 0.275 e. The highest BCUT2D eigenvalue weighted by molar-refractivity contribution is 7.88. The van der Waals surface area contributed by atoms with Crippen LogP contribution < -0.4 is 14.4 Å². The van der Waals surface area contributed by atoms with Crippen LogP contribution in [0.25, 0.3) is 0 Å². The second kappa shape index (κ2) is 6.37. The van der Waals surface area contributed by atoms with E-state index in [0.29, 0.717) is 22.7 Å². The normalized spacial score (nSPS) is 16.2. The molecule has 0 aliphatic carbocycles. The van der Waals surface area contributed by atoms with E-state index in [1.807, 2.05) is 0 Å². The molecule has 0 saturated heterocycles. The first-order valence-electron chi connectivity index (χ1n) is 7.93. The Bertz CT molecular complexity index is 956. The van der Waals surface area contributed by atoms with Gasteiger partial charge in [-0.05, 0) is 55.8 Å². The summed E-state index contributed by atoms with van der Waals surface area (Å²) in [5.74, 6) is -0.221. The SMILES string of the molecule is CC1(C)Oc2cc(CNS(C)(=O)=O)ccc2N(c2ccc(F)cc2)C1=O. The number of ether oxygens (including phenoxy) is 1. The first-order valence-corrected chi connectivity index (χ1v) is 9.83. The van der Waals surface area contributed by atoms with E-state index in [-0.39, 0.29) is 12.5 Å². The molecule has 0 saturated carbocycles. The first kappa shape index (κ1) is 18.3. The number of carbonyl (C=O) groups is 1. The van der Waals surface area contributed by atoms with Gasteiger partial charge in [-0.1, -0.05) is 6.07 Å². The molecule has 138 valence electrons. The molecule has 1 aliphatic heterocycles. The molecule has 0 atom stereocenters. The van der Waals surface area contributed by atoms with Crippen LogP contribution in [0.3, 0.4) is 0 Å². The molecule has 0 radical (unpaired) electrons. The molecule has 3 rings (SSSR count). The summed E-state index contributed by atoms with van der Waals surface area (Å²) in [6.07, 6.45) is 1.08. The van der Waals surface area contributed by atoms with Gasteiger partial charge in [0, 0.05) is 12.2 Å². The van der Waals surface area contributed by atoms with Gasteiger partial charge in [0.05, 0.1) is 11.9 Å². The van der Waals surface area contributed by atoms with Crippen molar-refractivity contribution in [3.63, 3.8) is 0 Å². The second-order valence-corrected chi connectivity index (χ2v) is 8.46. The summed E-state index contributed by atoms with van der Waals surface area (Å²) in [5, 5.41) is 0. The monoisotopic (exact) mass is 378 g/mol. The van der Waals surface area contributed by atoms with E-state index in [2.05, 4.69) is 4.72 Å². The molecule has 0 fully saturated rings. The molecule has 1 aliphatic rings. The minimum absolute atomic E-state index is 0.112. The smallest absolute Gasteiger partial charge is 0.275 e. The van der Waals surface area contributed by atoms with Crippen molar-refractivity contribution in [2.24, 2.45) is 0 Å². The number of fused-ring (bicyclic) bond motifs is 1. The molecule has 2 aromatic rings. The van der Waals surface area contributed by atoms with E-state index in [4.69, 9.17) is 4.74 Å². The highest BCUT2D eigenvalue weighted by atomic mass is 32.2. The maximum absolute atomic E-state index is 13.2. The number of amides is 1. The molecular formula is C18H19FN2O4S. The fourth-order valence-electron chi connectivity index (χ4n) is 2.69. The van der Waals surface area contributed by atoms with Crippen molar-refractivity contribution in [3.8, 4) is 5.75 Å². The lowest BCUT2D eigenvalue weighted by Gasteiger charge is -2.39. The zero-order chi connectivity index (χ0) is 19.1. The number of sulfonamides is 1. The number of anilines is 2. The zero-order valence-electron chi connectivity index (χ0n) is 14.6. The van der Waals surface area contributed by atoms with Gasteiger partial charge >= 0.3 is 0 Å². The van der Waals surface area contributed by atoms with Crippen molar-refractivity contribution in [1.82, 2.24) is 4.72 Å². The number of hydrogen-bond acceptors (Lipinski definition) is 4. The van der Waals surface area contributed by atoms with Crippen molar-refractivity contribution in [1.29, 1.82) is 0 Å². The van der Waals surface area contributed by atoms with Gasteiger partial charge in [-0.25, -0.2) is 17.5 Å². The number of benzene rings is 2. The highest BCUT2D eigenvalue weighted by Gasteiger charge is 2.41. The number of nitrogens with one attached hydrogen (secondary N) is 1. The molecule has 0 spiro atoms. The van der Waals surface area contributed by atoms with Gasteiger partial charge in [-0.2, -0.15) is 0 Å². The topological polar surface area (TPSA) is 75.7 Å². The van der Waals surface area contributed by atoms with Gasteiger partial charge in [0.1, 0.15) is 11.6 Å². The molecule has 26 heavy (non-hydrogen) atoms. The van der Waals surface area contributed by atoms with E-state index < -0.39 is 21.4 Å². The van der Waals surface area contributed by atoms with Gasteiger partial charge in [0.15, 0.2) is 5.60 Å². The summed E-state index contributed by atoms with van der Waals surface area (Å²) >= 11 is 0. The number of carbonyl (C=O) groups excluding carboxylic acids is 1. The molecule has 8 heteroatoms. The van der Waals surface area contributed by atoms with E-state index in [1.54, 1.807) is 32.0 Å². The molecule has 1 amide bonds. The molecule has 6 nitrogen and oxygen atoms in total. The maximum atomic E-state index is 13.2. The molecule has 1 N–H and O–H groups in total. The summed E-state index contributed by atoms with van der Waals surface area (Å²) < 4.78 is 44.1. The van der Waals surface area contributed by atoms with Crippen LogP contribution in [0.2, 0.25) is 0 Å². The molecule has 0 unspecified atom stereocenters. The van der Waals surface area contributed by atoms with Crippen LogP contribution in [0, 0.1) is 5.82 Å². The lowest BCUT2D eigenvalue weighted by Crippen LogP contribution is -2.50. The largest absolute Gasteiger partial charge is 0.476 e. The fraction of sp³-hybridized carbons (Fsp3) is 0.278. The van der Waals surface area contributed by atoms with E-state index in [1.165, 1.54) is 29.2 Å². The van der Waals surface area contributed by atoms with Gasteiger partial charge in [0.2, 0.25) is 10.0 Å². The summed E-state index contributed by atoms with van der Waals surface area (Å²) in [5.41, 5.74) is 0.614. The predicted octanol–water partition coefficient (Wildman–Crippen LogP) is 2.71. The molecule has 0 bridgehead atoms. The van der Waals surface area contributed by atoms with Crippen molar-refractivity contribution in [3.05, 3.63) is 53.8 Å². The van der Waals surface area contributed by atoms with Crippen LogP contribution in [0.4, 0.5) is 15.8 Å². The Hall–Kier alpha value is -2.45. The third kappa shape index (κ3) is 3.71. The molecule has 1 heterocycles. The van der Waals surface area contributed by atoms with Crippen molar-refractivity contribution in [2.45, 2.75) is 26.0 Å². The number of hydrogen-bond donors (Lipinski definition) is 1. The lowest BCUT2D eigenvalue weighted by atomic mass is 10.0. The van der Waals surface area contributed by atoms with Crippen LogP contribution in [0.1, 0.15) is 19.4 Å². The summed E-state index contributed by atoms with van der Waals surface area (Å²) in [6, 6.07) is 10.7. The highest BCUT2D eigenvalue weighted by Crippen LogP contribution is 2.42. The minimum atomic E-state index is -3.32. The molecule has 0 aromatic heterocycles. The Morgan fingerprint density at radius 1 is 1.15 bits per heavy atom. The second-order valence-electron chi connectivity index (χ2n) is 6.62. The average Bonchev–Trinajstić information content (AvgIpc) is 2.54. The average molecular weight is 378 g/mol. The number of rotatable bonds is 4. The third-order valence-electron chi connectivity index (χ3n) is 3.97. The van der Waals surface area contributed by atoms with Crippen molar-refractivity contribution >= 4 is 27.3 Å². The Balaban J connectivity index is 2.03. The first-order chi connectivity index (χ1) is 12.1. The van der Waals surface area contributed by atoms with Gasteiger partial charge in [-0.15, -0.1) is 0 Å². The van der Waals surface area contributed by atoms with E-state index in [0.717, 1.165) is 6.26 Å². The quantitative estimate of drug-likeness (QED) is 0.888. The standard InChI is InChI=1S/C18H19FN2O4S/c1-18(2)17(22)21(14-7-5-13(19)6-8-14)15-9-4-12(10-16(15)25-18)11-20-26(3,23)24/h4-10,20H,11H2,1-3H3. The lowest BCUT2D eigenvalue weighted by molar-refractivity contribution is -0.131. The zero-order valence-corrected chi connectivity index (χ0v) is 15.4.